The lowest BCUT2D eigenvalue weighted by Gasteiger charge is -2.14. The minimum Gasteiger partial charge on any atom is -0.268 e. The molecule has 130 valence electrons. The van der Waals surface area contributed by atoms with Crippen LogP contribution in [0.3, 0.4) is 0 Å². The maximum Gasteiger partial charge on any atom is 0.278 e. The first-order valence-corrected chi connectivity index (χ1v) is 9.38. The van der Waals surface area contributed by atoms with Crippen LogP contribution in [0.5, 0.6) is 0 Å². The Labute approximate surface area is 147 Å². The first kappa shape index (κ1) is 16.1. The lowest BCUT2D eigenvalue weighted by molar-refractivity contribution is 0.480. The molecule has 0 spiro atoms. The predicted molar refractivity (Wildman–Crippen MR) is 95.6 cm³/mol. The molecular weight excluding hydrogens is 340 g/mol. The molecule has 4 rings (SSSR count). The summed E-state index contributed by atoms with van der Waals surface area (Å²) in [4.78, 5) is 33.6. The predicted octanol–water partition coefficient (Wildman–Crippen LogP) is 1.78. The number of thioether (sulfide) groups is 1. The van der Waals surface area contributed by atoms with Crippen LogP contribution >= 0.6 is 11.8 Å². The van der Waals surface area contributed by atoms with Crippen molar-refractivity contribution in [3.05, 3.63) is 39.0 Å². The van der Waals surface area contributed by atoms with Gasteiger partial charge in [-0.05, 0) is 39.0 Å². The molecule has 0 aromatic carbocycles. The van der Waals surface area contributed by atoms with Crippen molar-refractivity contribution in [3.63, 3.8) is 0 Å². The van der Waals surface area contributed by atoms with Gasteiger partial charge in [-0.3, -0.25) is 9.59 Å². The van der Waals surface area contributed by atoms with Gasteiger partial charge in [0.2, 0.25) is 0 Å². The minimum atomic E-state index is -0.171. The number of hydrogen-bond donors (Lipinski definition) is 0. The van der Waals surface area contributed by atoms with Crippen LogP contribution in [0.15, 0.2) is 33.1 Å². The maximum absolute atomic E-state index is 12.8. The van der Waals surface area contributed by atoms with Crippen molar-refractivity contribution in [2.45, 2.75) is 43.9 Å². The smallest absolute Gasteiger partial charge is 0.268 e. The number of fused-ring (bicyclic) bond motifs is 1. The molecule has 9 heteroatoms. The highest BCUT2D eigenvalue weighted by Crippen LogP contribution is 2.35. The summed E-state index contributed by atoms with van der Waals surface area (Å²) in [6.45, 7) is 3.79. The van der Waals surface area contributed by atoms with E-state index in [4.69, 9.17) is 0 Å². The van der Waals surface area contributed by atoms with E-state index in [9.17, 15) is 9.59 Å². The van der Waals surface area contributed by atoms with Gasteiger partial charge < -0.3 is 0 Å². The van der Waals surface area contributed by atoms with Crippen molar-refractivity contribution in [1.82, 2.24) is 29.1 Å². The van der Waals surface area contributed by atoms with Crippen LogP contribution in [0, 0.1) is 0 Å². The Balaban J connectivity index is 2.06. The van der Waals surface area contributed by atoms with Crippen molar-refractivity contribution in [3.8, 4) is 5.82 Å². The van der Waals surface area contributed by atoms with Gasteiger partial charge in [0, 0.05) is 12.3 Å². The second-order valence-electron chi connectivity index (χ2n) is 6.35. The van der Waals surface area contributed by atoms with E-state index in [0.29, 0.717) is 22.0 Å². The fourth-order valence-electron chi connectivity index (χ4n) is 2.85. The minimum absolute atomic E-state index is 0.0771. The van der Waals surface area contributed by atoms with Crippen molar-refractivity contribution in [2.24, 2.45) is 0 Å². The maximum atomic E-state index is 12.8. The zero-order valence-electron chi connectivity index (χ0n) is 14.2. The van der Waals surface area contributed by atoms with E-state index in [-0.39, 0.29) is 23.2 Å². The van der Waals surface area contributed by atoms with Gasteiger partial charge in [-0.2, -0.15) is 0 Å². The summed E-state index contributed by atoms with van der Waals surface area (Å²) in [6.07, 6.45) is 5.36. The van der Waals surface area contributed by atoms with Gasteiger partial charge in [-0.25, -0.2) is 24.0 Å². The van der Waals surface area contributed by atoms with Crippen LogP contribution in [0.2, 0.25) is 0 Å². The summed E-state index contributed by atoms with van der Waals surface area (Å²) in [7, 11) is 0. The Morgan fingerprint density at radius 2 is 2.00 bits per heavy atom. The standard InChI is InChI=1S/C16H18N6O2S/c1-9(2)20-13(23)7-6-12(19-20)22-14-11(8-17-16(18-14)25-3)15(24)21(22)10-4-5-10/h6-10H,4-5H2,1-3H3. The lowest BCUT2D eigenvalue weighted by Crippen LogP contribution is -2.27. The molecule has 1 aliphatic carbocycles. The average molecular weight is 358 g/mol. The Morgan fingerprint density at radius 3 is 2.64 bits per heavy atom. The van der Waals surface area contributed by atoms with Gasteiger partial charge in [-0.15, -0.1) is 5.10 Å². The van der Waals surface area contributed by atoms with Crippen LogP contribution in [-0.2, 0) is 0 Å². The first-order valence-electron chi connectivity index (χ1n) is 8.15. The average Bonchev–Trinajstić information content (AvgIpc) is 3.40. The monoisotopic (exact) mass is 358 g/mol. The van der Waals surface area contributed by atoms with Crippen molar-refractivity contribution >= 4 is 22.8 Å². The van der Waals surface area contributed by atoms with Gasteiger partial charge in [0.15, 0.2) is 16.6 Å². The van der Waals surface area contributed by atoms with E-state index >= 15 is 0 Å². The van der Waals surface area contributed by atoms with Gasteiger partial charge in [0.25, 0.3) is 11.1 Å². The van der Waals surface area contributed by atoms with Crippen LogP contribution < -0.4 is 11.1 Å². The van der Waals surface area contributed by atoms with Crippen molar-refractivity contribution in [2.75, 3.05) is 6.26 Å². The van der Waals surface area contributed by atoms with Gasteiger partial charge in [0.05, 0.1) is 12.1 Å². The third-order valence-electron chi connectivity index (χ3n) is 4.19. The third kappa shape index (κ3) is 2.58. The zero-order valence-corrected chi connectivity index (χ0v) is 15.0. The number of rotatable bonds is 4. The van der Waals surface area contributed by atoms with E-state index in [1.807, 2.05) is 20.1 Å². The van der Waals surface area contributed by atoms with Gasteiger partial charge >= 0.3 is 0 Å². The molecule has 0 atom stereocenters. The first-order chi connectivity index (χ1) is 12.0. The van der Waals surface area contributed by atoms with Crippen LogP contribution in [0.4, 0.5) is 0 Å². The van der Waals surface area contributed by atoms with Crippen molar-refractivity contribution < 1.29 is 0 Å². The summed E-state index contributed by atoms with van der Waals surface area (Å²) >= 11 is 1.41. The molecular formula is C16H18N6O2S. The van der Waals surface area contributed by atoms with Crippen LogP contribution in [-0.4, -0.2) is 35.4 Å². The number of hydrogen-bond acceptors (Lipinski definition) is 6. The Bertz CT molecular complexity index is 1080. The SMILES string of the molecule is CSc1ncc2c(=O)n(C3CC3)n(-c3ccc(=O)n(C(C)C)n3)c2n1. The Kier molecular flexibility index (Phi) is 3.75. The molecule has 8 nitrogen and oxygen atoms in total. The van der Waals surface area contributed by atoms with E-state index in [1.54, 1.807) is 21.6 Å². The number of aromatic nitrogens is 6. The zero-order chi connectivity index (χ0) is 17.7. The molecule has 0 saturated heterocycles. The van der Waals surface area contributed by atoms with E-state index in [0.717, 1.165) is 12.8 Å². The molecule has 3 heterocycles. The topological polar surface area (TPSA) is 87.6 Å². The quantitative estimate of drug-likeness (QED) is 0.522. The Hall–Kier alpha value is -2.42. The third-order valence-corrected chi connectivity index (χ3v) is 4.76. The molecule has 1 fully saturated rings. The largest absolute Gasteiger partial charge is 0.278 e. The molecule has 25 heavy (non-hydrogen) atoms. The van der Waals surface area contributed by atoms with Gasteiger partial charge in [0.1, 0.15) is 5.39 Å². The second kappa shape index (κ2) is 5.83. The summed E-state index contributed by atoms with van der Waals surface area (Å²) in [5.74, 6) is 0.512. The molecule has 0 amide bonds. The molecule has 0 bridgehead atoms. The van der Waals surface area contributed by atoms with Crippen LogP contribution in [0.25, 0.3) is 16.9 Å². The van der Waals surface area contributed by atoms with Crippen LogP contribution in [0.1, 0.15) is 38.8 Å². The summed E-state index contributed by atoms with van der Waals surface area (Å²) in [6, 6.07) is 3.18. The van der Waals surface area contributed by atoms with Crippen molar-refractivity contribution in [1.29, 1.82) is 0 Å². The second-order valence-corrected chi connectivity index (χ2v) is 7.13. The highest BCUT2D eigenvalue weighted by molar-refractivity contribution is 7.98. The lowest BCUT2D eigenvalue weighted by atomic mass is 10.4. The normalized spacial score (nSPS) is 14.6. The molecule has 3 aromatic heterocycles. The fourth-order valence-corrected chi connectivity index (χ4v) is 3.19. The number of nitrogens with zero attached hydrogens (tertiary/aromatic N) is 6. The molecule has 3 aromatic rings. The summed E-state index contributed by atoms with van der Waals surface area (Å²) in [5.41, 5.74) is 0.238. The summed E-state index contributed by atoms with van der Waals surface area (Å²) in [5, 5.41) is 5.53. The van der Waals surface area contributed by atoms with E-state index < -0.39 is 0 Å². The summed E-state index contributed by atoms with van der Waals surface area (Å²) < 4.78 is 4.84. The highest BCUT2D eigenvalue weighted by Gasteiger charge is 2.31. The molecule has 0 radical (unpaired) electrons. The molecule has 0 unspecified atom stereocenters. The molecule has 1 saturated carbocycles. The Morgan fingerprint density at radius 1 is 1.24 bits per heavy atom. The molecule has 0 aliphatic heterocycles. The van der Waals surface area contributed by atoms with E-state index in [2.05, 4.69) is 15.1 Å². The van der Waals surface area contributed by atoms with E-state index in [1.165, 1.54) is 22.5 Å². The van der Waals surface area contributed by atoms with Gasteiger partial charge in [-0.1, -0.05) is 11.8 Å². The molecule has 1 aliphatic rings. The highest BCUT2D eigenvalue weighted by atomic mass is 32.2. The fraction of sp³-hybridized carbons (Fsp3) is 0.438. The molecule has 0 N–H and O–H groups in total.